The van der Waals surface area contributed by atoms with E-state index in [1.54, 1.807) is 43.3 Å². The van der Waals surface area contributed by atoms with Gasteiger partial charge in [-0.05, 0) is 74.2 Å². The van der Waals surface area contributed by atoms with E-state index in [4.69, 9.17) is 9.47 Å². The second-order valence-electron chi connectivity index (χ2n) is 10.5. The maximum Gasteiger partial charge on any atom is 0.264 e. The number of ether oxygens (including phenoxy) is 2. The predicted octanol–water partition coefficient (Wildman–Crippen LogP) is 4.68. The van der Waals surface area contributed by atoms with Crippen molar-refractivity contribution in [3.63, 3.8) is 0 Å². The molecule has 1 atom stereocenters. The lowest BCUT2D eigenvalue weighted by atomic mass is 10.1. The van der Waals surface area contributed by atoms with Gasteiger partial charge in [-0.25, -0.2) is 8.42 Å². The third kappa shape index (κ3) is 7.05. The molecule has 1 fully saturated rings. The lowest BCUT2D eigenvalue weighted by Gasteiger charge is -2.33. The van der Waals surface area contributed by atoms with Crippen molar-refractivity contribution in [3.8, 4) is 11.5 Å². The van der Waals surface area contributed by atoms with Crippen LogP contribution in [0.4, 0.5) is 5.69 Å². The molecule has 1 saturated carbocycles. The minimum atomic E-state index is -4.24. The SMILES string of the molecule is COc1ccc(S(=O)(=O)N(CC(=O)N(Cc2ccccc2C)[C@@H](C)C(=O)NC2CCCC2)c2ccccc2OC)cc1. The summed E-state index contributed by atoms with van der Waals surface area (Å²) < 4.78 is 39.9. The van der Waals surface area contributed by atoms with Crippen LogP contribution in [0, 0.1) is 6.92 Å². The Morgan fingerprint density at radius 2 is 1.57 bits per heavy atom. The number of carbonyl (C=O) groups is 2. The number of aryl methyl sites for hydroxylation is 1. The Balaban J connectivity index is 1.72. The fraction of sp³-hybridized carbons (Fsp3) is 0.375. The molecule has 0 bridgehead atoms. The smallest absolute Gasteiger partial charge is 0.264 e. The molecule has 1 aliphatic carbocycles. The van der Waals surface area contributed by atoms with E-state index < -0.39 is 28.5 Å². The number of anilines is 1. The third-order valence-electron chi connectivity index (χ3n) is 7.75. The van der Waals surface area contributed by atoms with Crippen LogP contribution in [0.2, 0.25) is 0 Å². The van der Waals surface area contributed by atoms with Gasteiger partial charge in [0.05, 0.1) is 24.8 Å². The Bertz CT molecular complexity index is 1490. The highest BCUT2D eigenvalue weighted by Crippen LogP contribution is 2.33. The summed E-state index contributed by atoms with van der Waals surface area (Å²) in [5, 5.41) is 3.09. The molecule has 3 aromatic carbocycles. The van der Waals surface area contributed by atoms with Crippen molar-refractivity contribution >= 4 is 27.5 Å². The molecule has 42 heavy (non-hydrogen) atoms. The van der Waals surface area contributed by atoms with Gasteiger partial charge in [0.1, 0.15) is 24.1 Å². The third-order valence-corrected chi connectivity index (χ3v) is 9.52. The van der Waals surface area contributed by atoms with E-state index in [1.807, 2.05) is 31.2 Å². The first-order valence-corrected chi connectivity index (χ1v) is 15.5. The van der Waals surface area contributed by atoms with Gasteiger partial charge in [0.15, 0.2) is 0 Å². The minimum absolute atomic E-state index is 0.0144. The van der Waals surface area contributed by atoms with Gasteiger partial charge >= 0.3 is 0 Å². The number of sulfonamides is 1. The summed E-state index contributed by atoms with van der Waals surface area (Å²) >= 11 is 0. The Morgan fingerprint density at radius 3 is 2.21 bits per heavy atom. The molecule has 0 heterocycles. The number of amides is 2. The monoisotopic (exact) mass is 593 g/mol. The fourth-order valence-corrected chi connectivity index (χ4v) is 6.59. The molecule has 9 nitrogen and oxygen atoms in total. The van der Waals surface area contributed by atoms with Crippen molar-refractivity contribution in [1.29, 1.82) is 0 Å². The predicted molar refractivity (Wildman–Crippen MR) is 162 cm³/mol. The van der Waals surface area contributed by atoms with Crippen LogP contribution in [-0.4, -0.2) is 58.0 Å². The molecule has 0 spiro atoms. The number of para-hydroxylation sites is 2. The van der Waals surface area contributed by atoms with Crippen LogP contribution in [0.25, 0.3) is 0 Å². The first kappa shape index (κ1) is 30.9. The number of carbonyl (C=O) groups excluding carboxylic acids is 2. The van der Waals surface area contributed by atoms with E-state index in [2.05, 4.69) is 5.32 Å². The molecule has 1 aliphatic rings. The second-order valence-corrected chi connectivity index (χ2v) is 12.3. The lowest BCUT2D eigenvalue weighted by Crippen LogP contribution is -2.52. The summed E-state index contributed by atoms with van der Waals surface area (Å²) in [6.07, 6.45) is 3.93. The average Bonchev–Trinajstić information content (AvgIpc) is 3.52. The van der Waals surface area contributed by atoms with Gasteiger partial charge in [-0.1, -0.05) is 49.2 Å². The Hall–Kier alpha value is -4.05. The summed E-state index contributed by atoms with van der Waals surface area (Å²) in [7, 11) is -1.30. The second kappa shape index (κ2) is 13.7. The van der Waals surface area contributed by atoms with Crippen molar-refractivity contribution in [3.05, 3.63) is 83.9 Å². The number of benzene rings is 3. The van der Waals surface area contributed by atoms with E-state index in [0.29, 0.717) is 11.5 Å². The maximum atomic E-state index is 14.2. The largest absolute Gasteiger partial charge is 0.497 e. The van der Waals surface area contributed by atoms with E-state index >= 15 is 0 Å². The molecule has 0 radical (unpaired) electrons. The summed E-state index contributed by atoms with van der Waals surface area (Å²) in [6.45, 7) is 3.23. The Morgan fingerprint density at radius 1 is 0.929 bits per heavy atom. The molecule has 10 heteroatoms. The highest BCUT2D eigenvalue weighted by Gasteiger charge is 2.34. The standard InChI is InChI=1S/C32H39N3O6S/c1-23-11-5-6-12-25(23)21-34(24(2)32(37)33-26-13-7-8-14-26)31(36)22-35(29-15-9-10-16-30(29)41-4)42(38,39)28-19-17-27(40-3)18-20-28/h5-6,9-12,15-20,24,26H,7-8,13-14,21-22H2,1-4H3,(H,33,37)/t24-/m0/s1. The van der Waals surface area contributed by atoms with Crippen LogP contribution in [0.5, 0.6) is 11.5 Å². The lowest BCUT2D eigenvalue weighted by molar-refractivity contribution is -0.139. The number of methoxy groups -OCH3 is 2. The molecule has 3 aromatic rings. The topological polar surface area (TPSA) is 105 Å². The quantitative estimate of drug-likeness (QED) is 0.327. The number of hydrogen-bond acceptors (Lipinski definition) is 6. The van der Waals surface area contributed by atoms with Gasteiger partial charge in [0, 0.05) is 12.6 Å². The fourth-order valence-electron chi connectivity index (χ4n) is 5.17. The first-order chi connectivity index (χ1) is 20.1. The molecule has 1 N–H and O–H groups in total. The van der Waals surface area contributed by atoms with Crippen molar-refractivity contribution in [2.24, 2.45) is 0 Å². The van der Waals surface area contributed by atoms with E-state index in [-0.39, 0.29) is 29.1 Å². The molecule has 0 aromatic heterocycles. The number of rotatable bonds is 12. The van der Waals surface area contributed by atoms with Crippen molar-refractivity contribution in [2.45, 2.75) is 63.1 Å². The number of nitrogens with one attached hydrogen (secondary N) is 1. The van der Waals surface area contributed by atoms with Crippen LogP contribution >= 0.6 is 0 Å². The number of hydrogen-bond donors (Lipinski definition) is 1. The van der Waals surface area contributed by atoms with Gasteiger partial charge in [-0.15, -0.1) is 0 Å². The van der Waals surface area contributed by atoms with Crippen LogP contribution in [0.1, 0.15) is 43.7 Å². The van der Waals surface area contributed by atoms with Crippen molar-refractivity contribution < 1.29 is 27.5 Å². The normalized spacial score (nSPS) is 14.2. The van der Waals surface area contributed by atoms with Crippen molar-refractivity contribution in [1.82, 2.24) is 10.2 Å². The summed E-state index contributed by atoms with van der Waals surface area (Å²) in [5.41, 5.74) is 2.04. The maximum absolute atomic E-state index is 14.2. The van der Waals surface area contributed by atoms with E-state index in [9.17, 15) is 18.0 Å². The summed E-state index contributed by atoms with van der Waals surface area (Å²) in [4.78, 5) is 29.0. The molecular formula is C32H39N3O6S. The summed E-state index contributed by atoms with van der Waals surface area (Å²) in [6, 6.07) is 19.5. The van der Waals surface area contributed by atoms with Crippen LogP contribution in [0.3, 0.4) is 0 Å². The van der Waals surface area contributed by atoms with Crippen LogP contribution in [0.15, 0.2) is 77.7 Å². The minimum Gasteiger partial charge on any atom is -0.497 e. The molecule has 4 rings (SSSR count). The molecular weight excluding hydrogens is 554 g/mol. The molecule has 2 amide bonds. The van der Waals surface area contributed by atoms with Crippen LogP contribution in [-0.2, 0) is 26.2 Å². The average molecular weight is 594 g/mol. The van der Waals surface area contributed by atoms with Gasteiger partial charge in [-0.3, -0.25) is 13.9 Å². The number of nitrogens with zero attached hydrogens (tertiary/aromatic N) is 2. The van der Waals surface area contributed by atoms with Crippen molar-refractivity contribution in [2.75, 3.05) is 25.1 Å². The van der Waals surface area contributed by atoms with Gasteiger partial charge < -0.3 is 19.7 Å². The zero-order chi connectivity index (χ0) is 30.3. The zero-order valence-corrected chi connectivity index (χ0v) is 25.4. The molecule has 224 valence electrons. The molecule has 0 saturated heterocycles. The molecule has 0 unspecified atom stereocenters. The zero-order valence-electron chi connectivity index (χ0n) is 24.6. The van der Waals surface area contributed by atoms with Gasteiger partial charge in [0.25, 0.3) is 10.0 Å². The summed E-state index contributed by atoms with van der Waals surface area (Å²) in [5.74, 6) is 0.0150. The Labute approximate surface area is 248 Å². The Kier molecular flexibility index (Phi) is 10.1. The highest BCUT2D eigenvalue weighted by molar-refractivity contribution is 7.92. The molecule has 0 aliphatic heterocycles. The van der Waals surface area contributed by atoms with Gasteiger partial charge in [-0.2, -0.15) is 0 Å². The highest BCUT2D eigenvalue weighted by atomic mass is 32.2. The van der Waals surface area contributed by atoms with Gasteiger partial charge in [0.2, 0.25) is 11.8 Å². The van der Waals surface area contributed by atoms with E-state index in [1.165, 1.54) is 31.3 Å². The van der Waals surface area contributed by atoms with Crippen LogP contribution < -0.4 is 19.1 Å². The van der Waals surface area contributed by atoms with E-state index in [0.717, 1.165) is 41.1 Å². The first-order valence-electron chi connectivity index (χ1n) is 14.1.